The Balaban J connectivity index is 2.38. The Morgan fingerprint density at radius 2 is 1.84 bits per heavy atom. The molecular formula is C15H24N2O2. The van der Waals surface area contributed by atoms with Crippen LogP contribution in [-0.4, -0.2) is 11.5 Å². The highest BCUT2D eigenvalue weighted by Gasteiger charge is 2.14. The highest BCUT2D eigenvalue weighted by Crippen LogP contribution is 2.27. The average molecular weight is 264 g/mol. The SMILES string of the molecule is CCCCCCCCNc1c(C)cccc1[N+](=O)[O-]. The predicted octanol–water partition coefficient (Wildman–Crippen LogP) is 4.68. The molecule has 0 radical (unpaired) electrons. The molecule has 0 aliphatic heterocycles. The van der Waals surface area contributed by atoms with E-state index in [4.69, 9.17) is 0 Å². The molecule has 0 fully saturated rings. The molecule has 0 aliphatic carbocycles. The van der Waals surface area contributed by atoms with Crippen molar-refractivity contribution in [2.24, 2.45) is 0 Å². The number of rotatable bonds is 9. The first-order valence-electron chi connectivity index (χ1n) is 7.14. The fourth-order valence-corrected chi connectivity index (χ4v) is 2.15. The molecule has 0 aliphatic rings. The molecule has 1 rings (SSSR count). The molecule has 0 spiro atoms. The standard InChI is InChI=1S/C15H24N2O2/c1-3-4-5-6-7-8-12-16-15-13(2)10-9-11-14(15)17(18)19/h9-11,16H,3-8,12H2,1-2H3. The molecule has 1 aromatic carbocycles. The summed E-state index contributed by atoms with van der Waals surface area (Å²) in [5.41, 5.74) is 1.77. The number of nitrogens with zero attached hydrogens (tertiary/aromatic N) is 1. The molecule has 4 nitrogen and oxygen atoms in total. The summed E-state index contributed by atoms with van der Waals surface area (Å²) in [5, 5.41) is 14.2. The number of hydrogen-bond acceptors (Lipinski definition) is 3. The summed E-state index contributed by atoms with van der Waals surface area (Å²) >= 11 is 0. The van der Waals surface area contributed by atoms with E-state index in [-0.39, 0.29) is 10.6 Å². The van der Waals surface area contributed by atoms with Gasteiger partial charge in [-0.15, -0.1) is 0 Å². The van der Waals surface area contributed by atoms with E-state index in [1.54, 1.807) is 12.1 Å². The normalized spacial score (nSPS) is 10.4. The molecule has 0 saturated heterocycles. The topological polar surface area (TPSA) is 55.2 Å². The van der Waals surface area contributed by atoms with Crippen molar-refractivity contribution in [3.63, 3.8) is 0 Å². The third-order valence-electron chi connectivity index (χ3n) is 3.28. The van der Waals surface area contributed by atoms with Crippen LogP contribution in [-0.2, 0) is 0 Å². The van der Waals surface area contributed by atoms with Crippen LogP contribution < -0.4 is 5.32 Å². The van der Waals surface area contributed by atoms with Gasteiger partial charge < -0.3 is 5.32 Å². The van der Waals surface area contributed by atoms with Gasteiger partial charge in [-0.25, -0.2) is 0 Å². The van der Waals surface area contributed by atoms with Crippen LogP contribution in [0.25, 0.3) is 0 Å². The van der Waals surface area contributed by atoms with E-state index in [0.29, 0.717) is 5.69 Å². The fourth-order valence-electron chi connectivity index (χ4n) is 2.15. The Hall–Kier alpha value is -1.58. The smallest absolute Gasteiger partial charge is 0.292 e. The monoisotopic (exact) mass is 264 g/mol. The Morgan fingerprint density at radius 3 is 2.53 bits per heavy atom. The van der Waals surface area contributed by atoms with Crippen molar-refractivity contribution in [3.05, 3.63) is 33.9 Å². The van der Waals surface area contributed by atoms with Crippen molar-refractivity contribution < 1.29 is 4.92 Å². The lowest BCUT2D eigenvalue weighted by atomic mass is 10.1. The van der Waals surface area contributed by atoms with Gasteiger partial charge in [-0.05, 0) is 18.9 Å². The van der Waals surface area contributed by atoms with Gasteiger partial charge in [0.15, 0.2) is 0 Å². The predicted molar refractivity (Wildman–Crippen MR) is 79.7 cm³/mol. The van der Waals surface area contributed by atoms with E-state index in [1.165, 1.54) is 32.1 Å². The molecule has 0 heterocycles. The van der Waals surface area contributed by atoms with E-state index in [2.05, 4.69) is 12.2 Å². The van der Waals surface area contributed by atoms with Crippen LogP contribution in [0.3, 0.4) is 0 Å². The number of nitro benzene ring substituents is 1. The maximum atomic E-state index is 10.9. The van der Waals surface area contributed by atoms with Crippen LogP contribution in [0.4, 0.5) is 11.4 Å². The van der Waals surface area contributed by atoms with Crippen molar-refractivity contribution in [2.45, 2.75) is 52.4 Å². The molecule has 106 valence electrons. The molecule has 0 atom stereocenters. The Labute approximate surface area is 115 Å². The Bertz CT molecular complexity index is 405. The van der Waals surface area contributed by atoms with E-state index in [1.807, 2.05) is 13.0 Å². The van der Waals surface area contributed by atoms with Gasteiger partial charge in [0.05, 0.1) is 4.92 Å². The van der Waals surface area contributed by atoms with E-state index in [0.717, 1.165) is 18.5 Å². The maximum Gasteiger partial charge on any atom is 0.292 e. The number of anilines is 1. The zero-order valence-corrected chi connectivity index (χ0v) is 11.9. The Morgan fingerprint density at radius 1 is 1.16 bits per heavy atom. The quantitative estimate of drug-likeness (QED) is 0.400. The molecule has 19 heavy (non-hydrogen) atoms. The number of unbranched alkanes of at least 4 members (excludes halogenated alkanes) is 5. The highest BCUT2D eigenvalue weighted by atomic mass is 16.6. The van der Waals surface area contributed by atoms with Gasteiger partial charge >= 0.3 is 0 Å². The number of hydrogen-bond donors (Lipinski definition) is 1. The molecule has 0 saturated carbocycles. The van der Waals surface area contributed by atoms with Crippen LogP contribution in [0, 0.1) is 17.0 Å². The summed E-state index contributed by atoms with van der Waals surface area (Å²) in [4.78, 5) is 10.6. The van der Waals surface area contributed by atoms with Gasteiger partial charge in [-0.2, -0.15) is 0 Å². The summed E-state index contributed by atoms with van der Waals surface area (Å²) in [7, 11) is 0. The van der Waals surface area contributed by atoms with Crippen molar-refractivity contribution in [3.8, 4) is 0 Å². The molecule has 0 unspecified atom stereocenters. The molecule has 1 aromatic rings. The van der Waals surface area contributed by atoms with Gasteiger partial charge in [0, 0.05) is 12.6 Å². The largest absolute Gasteiger partial charge is 0.379 e. The summed E-state index contributed by atoms with van der Waals surface area (Å²) in [6.07, 6.45) is 7.36. The van der Waals surface area contributed by atoms with Gasteiger partial charge in [0.2, 0.25) is 0 Å². The van der Waals surface area contributed by atoms with Crippen LogP contribution in [0.2, 0.25) is 0 Å². The lowest BCUT2D eigenvalue weighted by Crippen LogP contribution is -2.05. The number of nitro groups is 1. The number of para-hydroxylation sites is 1. The summed E-state index contributed by atoms with van der Waals surface area (Å²) in [6, 6.07) is 5.18. The van der Waals surface area contributed by atoms with Crippen LogP contribution in [0.5, 0.6) is 0 Å². The molecule has 1 N–H and O–H groups in total. The Kier molecular flexibility index (Phi) is 6.93. The summed E-state index contributed by atoms with van der Waals surface area (Å²) < 4.78 is 0. The summed E-state index contributed by atoms with van der Waals surface area (Å²) in [6.45, 7) is 4.91. The number of nitrogens with one attached hydrogen (secondary N) is 1. The first-order chi connectivity index (χ1) is 9.16. The lowest BCUT2D eigenvalue weighted by Gasteiger charge is -2.09. The van der Waals surface area contributed by atoms with Crippen molar-refractivity contribution in [1.82, 2.24) is 0 Å². The zero-order chi connectivity index (χ0) is 14.1. The zero-order valence-electron chi connectivity index (χ0n) is 11.9. The minimum Gasteiger partial charge on any atom is -0.379 e. The molecule has 0 bridgehead atoms. The lowest BCUT2D eigenvalue weighted by molar-refractivity contribution is -0.384. The minimum atomic E-state index is -0.323. The maximum absolute atomic E-state index is 10.9. The second kappa shape index (κ2) is 8.51. The number of aryl methyl sites for hydroxylation is 1. The molecular weight excluding hydrogens is 240 g/mol. The fraction of sp³-hybridized carbons (Fsp3) is 0.600. The minimum absolute atomic E-state index is 0.172. The molecule has 0 amide bonds. The first kappa shape index (κ1) is 15.5. The van der Waals surface area contributed by atoms with E-state index in [9.17, 15) is 10.1 Å². The number of benzene rings is 1. The van der Waals surface area contributed by atoms with Gasteiger partial charge in [-0.1, -0.05) is 51.2 Å². The van der Waals surface area contributed by atoms with Crippen LogP contribution >= 0.6 is 0 Å². The second-order valence-corrected chi connectivity index (χ2v) is 4.92. The van der Waals surface area contributed by atoms with Gasteiger partial charge in [-0.3, -0.25) is 10.1 Å². The molecule has 4 heteroatoms. The van der Waals surface area contributed by atoms with Gasteiger partial charge in [0.25, 0.3) is 5.69 Å². The van der Waals surface area contributed by atoms with Crippen molar-refractivity contribution >= 4 is 11.4 Å². The van der Waals surface area contributed by atoms with Crippen LogP contribution in [0.15, 0.2) is 18.2 Å². The highest BCUT2D eigenvalue weighted by molar-refractivity contribution is 5.65. The summed E-state index contributed by atoms with van der Waals surface area (Å²) in [5.74, 6) is 0. The molecule has 0 aromatic heterocycles. The van der Waals surface area contributed by atoms with Crippen molar-refractivity contribution in [1.29, 1.82) is 0 Å². The average Bonchev–Trinajstić information content (AvgIpc) is 2.39. The third-order valence-corrected chi connectivity index (χ3v) is 3.28. The third kappa shape index (κ3) is 5.28. The van der Waals surface area contributed by atoms with E-state index < -0.39 is 0 Å². The second-order valence-electron chi connectivity index (χ2n) is 4.92. The van der Waals surface area contributed by atoms with Crippen molar-refractivity contribution in [2.75, 3.05) is 11.9 Å². The van der Waals surface area contributed by atoms with E-state index >= 15 is 0 Å². The first-order valence-corrected chi connectivity index (χ1v) is 7.14. The van der Waals surface area contributed by atoms with Gasteiger partial charge in [0.1, 0.15) is 5.69 Å². The van der Waals surface area contributed by atoms with Crippen LogP contribution in [0.1, 0.15) is 51.0 Å².